The van der Waals surface area contributed by atoms with Crippen molar-refractivity contribution in [1.82, 2.24) is 4.57 Å². The zero-order valence-electron chi connectivity index (χ0n) is 13.8. The summed E-state index contributed by atoms with van der Waals surface area (Å²) in [5, 5.41) is 14.0. The second-order valence-electron chi connectivity index (χ2n) is 5.43. The van der Waals surface area contributed by atoms with Crippen molar-refractivity contribution in [2.45, 2.75) is 13.5 Å². The molecule has 130 valence electrons. The Balaban J connectivity index is 2.06. The molecule has 0 spiro atoms. The van der Waals surface area contributed by atoms with Crippen LogP contribution < -0.4 is 9.47 Å². The smallest absolute Gasteiger partial charge is 0.222 e. The molecule has 1 aromatic heterocycles. The Kier molecular flexibility index (Phi) is 4.94. The molecule has 25 heavy (non-hydrogen) atoms. The minimum atomic E-state index is -0.157. The molecule has 0 radical (unpaired) electrons. The van der Waals surface area contributed by atoms with Gasteiger partial charge in [-0.2, -0.15) is 0 Å². The molecule has 6 nitrogen and oxygen atoms in total. The topological polar surface area (TPSA) is 73.0 Å². The Morgan fingerprint density at radius 1 is 1.20 bits per heavy atom. The largest absolute Gasteiger partial charge is 0.493 e. The van der Waals surface area contributed by atoms with Crippen LogP contribution in [0.1, 0.15) is 12.5 Å². The standard InChI is InChI=1S/C18H17BrN2O4/c1-3-25-15-7-4-11(8-16(15)24-2)10-21-14-6-5-12(19)9-13(14)17(20-23)18(21)22/h4-9,22H,3,10H2,1-2H3. The van der Waals surface area contributed by atoms with Crippen molar-refractivity contribution in [1.29, 1.82) is 0 Å². The van der Waals surface area contributed by atoms with Crippen LogP contribution in [0.5, 0.6) is 17.4 Å². The average molecular weight is 405 g/mol. The van der Waals surface area contributed by atoms with Crippen molar-refractivity contribution in [3.05, 3.63) is 51.3 Å². The second kappa shape index (κ2) is 7.14. The van der Waals surface area contributed by atoms with Crippen molar-refractivity contribution < 1.29 is 14.6 Å². The van der Waals surface area contributed by atoms with Gasteiger partial charge in [0.25, 0.3) is 0 Å². The highest BCUT2D eigenvalue weighted by molar-refractivity contribution is 9.10. The lowest BCUT2D eigenvalue weighted by Crippen LogP contribution is -2.01. The summed E-state index contributed by atoms with van der Waals surface area (Å²) in [6, 6.07) is 11.0. The molecule has 0 bridgehead atoms. The molecule has 0 atom stereocenters. The Morgan fingerprint density at radius 2 is 2.00 bits per heavy atom. The first-order valence-electron chi connectivity index (χ1n) is 7.72. The van der Waals surface area contributed by atoms with E-state index in [2.05, 4.69) is 21.1 Å². The lowest BCUT2D eigenvalue weighted by Gasteiger charge is -2.12. The minimum absolute atomic E-state index is 0.0363. The van der Waals surface area contributed by atoms with Crippen LogP contribution >= 0.6 is 15.9 Å². The van der Waals surface area contributed by atoms with E-state index in [4.69, 9.17) is 9.47 Å². The van der Waals surface area contributed by atoms with Crippen molar-refractivity contribution in [3.8, 4) is 17.4 Å². The summed E-state index contributed by atoms with van der Waals surface area (Å²) in [5.41, 5.74) is 1.66. The molecular weight excluding hydrogens is 388 g/mol. The van der Waals surface area contributed by atoms with E-state index in [0.717, 1.165) is 15.6 Å². The molecule has 0 aliphatic heterocycles. The first-order valence-corrected chi connectivity index (χ1v) is 8.52. The Bertz CT molecular complexity index is 936. The normalized spacial score (nSPS) is 10.8. The number of methoxy groups -OCH3 is 1. The number of rotatable bonds is 6. The Morgan fingerprint density at radius 3 is 2.68 bits per heavy atom. The molecule has 0 amide bonds. The van der Waals surface area contributed by atoms with Crippen LogP contribution in [0.4, 0.5) is 5.69 Å². The number of hydrogen-bond acceptors (Lipinski definition) is 5. The van der Waals surface area contributed by atoms with Gasteiger partial charge in [-0.25, -0.2) is 0 Å². The average Bonchev–Trinajstić information content (AvgIpc) is 2.87. The van der Waals surface area contributed by atoms with E-state index in [1.165, 1.54) is 0 Å². The highest BCUT2D eigenvalue weighted by Gasteiger charge is 2.18. The Hall–Kier alpha value is -2.54. The lowest BCUT2D eigenvalue weighted by molar-refractivity contribution is 0.310. The monoisotopic (exact) mass is 404 g/mol. The van der Waals surface area contributed by atoms with E-state index < -0.39 is 0 Å². The fourth-order valence-electron chi connectivity index (χ4n) is 2.81. The van der Waals surface area contributed by atoms with Gasteiger partial charge in [0.2, 0.25) is 5.88 Å². The van der Waals surface area contributed by atoms with Gasteiger partial charge >= 0.3 is 0 Å². The number of nitrogens with zero attached hydrogens (tertiary/aromatic N) is 2. The van der Waals surface area contributed by atoms with E-state index in [1.54, 1.807) is 17.7 Å². The SMILES string of the molecule is CCOc1ccc(Cn2c(O)c(N=O)c3cc(Br)ccc32)cc1OC. The molecule has 0 unspecified atom stereocenters. The summed E-state index contributed by atoms with van der Waals surface area (Å²) in [6.07, 6.45) is 0. The molecule has 0 saturated heterocycles. The number of fused-ring (bicyclic) bond motifs is 1. The zero-order valence-corrected chi connectivity index (χ0v) is 15.4. The zero-order chi connectivity index (χ0) is 18.0. The first-order chi connectivity index (χ1) is 12.1. The fourth-order valence-corrected chi connectivity index (χ4v) is 3.17. The fraction of sp³-hybridized carbons (Fsp3) is 0.222. The van der Waals surface area contributed by atoms with Crippen LogP contribution in [0.25, 0.3) is 10.9 Å². The summed E-state index contributed by atoms with van der Waals surface area (Å²) in [4.78, 5) is 11.2. The summed E-state index contributed by atoms with van der Waals surface area (Å²) in [5.74, 6) is 1.12. The van der Waals surface area contributed by atoms with Crippen LogP contribution in [0.2, 0.25) is 0 Å². The molecule has 0 fully saturated rings. The van der Waals surface area contributed by atoms with Crippen LogP contribution in [0.15, 0.2) is 46.0 Å². The number of benzene rings is 2. The third-order valence-corrected chi connectivity index (χ3v) is 4.43. The highest BCUT2D eigenvalue weighted by Crippen LogP contribution is 2.40. The van der Waals surface area contributed by atoms with Crippen molar-refractivity contribution in [3.63, 3.8) is 0 Å². The van der Waals surface area contributed by atoms with Gasteiger partial charge in [-0.1, -0.05) is 22.0 Å². The number of aromatic hydroxyl groups is 1. The number of aromatic nitrogens is 1. The van der Waals surface area contributed by atoms with Crippen molar-refractivity contribution in [2.75, 3.05) is 13.7 Å². The second-order valence-corrected chi connectivity index (χ2v) is 6.35. The molecule has 3 rings (SSSR count). The number of hydrogen-bond donors (Lipinski definition) is 1. The molecule has 0 saturated carbocycles. The number of nitroso groups, excluding NO2 is 1. The van der Waals surface area contributed by atoms with E-state index in [9.17, 15) is 10.0 Å². The molecule has 3 aromatic rings. The molecule has 1 heterocycles. The third-order valence-electron chi connectivity index (χ3n) is 3.93. The first kappa shape index (κ1) is 17.3. The van der Waals surface area contributed by atoms with Gasteiger partial charge in [0.05, 0.1) is 25.8 Å². The molecular formula is C18H17BrN2O4. The van der Waals surface area contributed by atoms with Crippen LogP contribution in [-0.4, -0.2) is 23.4 Å². The summed E-state index contributed by atoms with van der Waals surface area (Å²) in [6.45, 7) is 2.81. The van der Waals surface area contributed by atoms with Gasteiger partial charge < -0.3 is 19.1 Å². The minimum Gasteiger partial charge on any atom is -0.493 e. The van der Waals surface area contributed by atoms with E-state index in [-0.39, 0.29) is 11.6 Å². The lowest BCUT2D eigenvalue weighted by atomic mass is 10.2. The van der Waals surface area contributed by atoms with Crippen molar-refractivity contribution >= 4 is 32.5 Å². The van der Waals surface area contributed by atoms with Crippen LogP contribution in [-0.2, 0) is 6.54 Å². The molecule has 0 aliphatic carbocycles. The van der Waals surface area contributed by atoms with E-state index in [0.29, 0.717) is 30.0 Å². The van der Waals surface area contributed by atoms with Gasteiger partial charge in [-0.3, -0.25) is 0 Å². The maximum absolute atomic E-state index is 11.2. The summed E-state index contributed by atoms with van der Waals surface area (Å²) >= 11 is 3.37. The van der Waals surface area contributed by atoms with Gasteiger partial charge in [-0.15, -0.1) is 4.91 Å². The number of halogens is 1. The number of ether oxygens (including phenoxy) is 2. The van der Waals surface area contributed by atoms with E-state index in [1.807, 2.05) is 37.3 Å². The van der Waals surface area contributed by atoms with Gasteiger partial charge in [-0.05, 0) is 48.0 Å². The Labute approximate surface area is 153 Å². The van der Waals surface area contributed by atoms with Crippen LogP contribution in [0, 0.1) is 4.91 Å². The van der Waals surface area contributed by atoms with Crippen LogP contribution in [0.3, 0.4) is 0 Å². The maximum atomic E-state index is 11.2. The summed E-state index contributed by atoms with van der Waals surface area (Å²) < 4.78 is 13.3. The van der Waals surface area contributed by atoms with Gasteiger partial charge in [0.1, 0.15) is 0 Å². The van der Waals surface area contributed by atoms with Gasteiger partial charge in [0.15, 0.2) is 17.2 Å². The molecule has 0 aliphatic rings. The molecule has 7 heteroatoms. The van der Waals surface area contributed by atoms with E-state index >= 15 is 0 Å². The molecule has 2 aromatic carbocycles. The third kappa shape index (κ3) is 3.19. The highest BCUT2D eigenvalue weighted by atomic mass is 79.9. The maximum Gasteiger partial charge on any atom is 0.222 e. The summed E-state index contributed by atoms with van der Waals surface area (Å²) in [7, 11) is 1.58. The quantitative estimate of drug-likeness (QED) is 0.589. The molecule has 1 N–H and O–H groups in total. The predicted molar refractivity (Wildman–Crippen MR) is 100 cm³/mol. The predicted octanol–water partition coefficient (Wildman–Crippen LogP) is 4.96. The van der Waals surface area contributed by atoms with Gasteiger partial charge in [0, 0.05) is 9.86 Å². The van der Waals surface area contributed by atoms with Crippen molar-refractivity contribution in [2.24, 2.45) is 5.18 Å².